The molecule has 0 spiro atoms. The van der Waals surface area contributed by atoms with Gasteiger partial charge in [-0.15, -0.1) is 0 Å². The second-order valence-electron chi connectivity index (χ2n) is 18.7. The molecular weight excluding hydrogens is 904 g/mol. The number of phosphoric ester groups is 1. The fraction of sp³-hybridized carbons (Fsp3) is 0.776. The van der Waals surface area contributed by atoms with E-state index in [1.807, 2.05) is 0 Å². The molecule has 0 bridgehead atoms. The van der Waals surface area contributed by atoms with Crippen LogP contribution in [0.3, 0.4) is 0 Å². The Kier molecular flexibility index (Phi) is 50.4. The fourth-order valence-electron chi connectivity index (χ4n) is 7.57. The highest BCUT2D eigenvalue weighted by atomic mass is 31.2. The molecule has 0 aliphatic carbocycles. The van der Waals surface area contributed by atoms with Gasteiger partial charge in [0.15, 0.2) is 6.10 Å². The summed E-state index contributed by atoms with van der Waals surface area (Å²) in [5.74, 6) is -1.49. The molecule has 0 radical (unpaired) electrons. The van der Waals surface area contributed by atoms with Gasteiger partial charge in [0.2, 0.25) is 0 Å². The van der Waals surface area contributed by atoms with Gasteiger partial charge in [-0.05, 0) is 89.9 Å². The molecule has 406 valence electrons. The van der Waals surface area contributed by atoms with E-state index in [9.17, 15) is 28.9 Å². The van der Waals surface area contributed by atoms with Crippen molar-refractivity contribution in [2.24, 2.45) is 0 Å². The lowest BCUT2D eigenvalue weighted by Gasteiger charge is -2.21. The second-order valence-corrected chi connectivity index (χ2v) is 20.2. The third-order valence-electron chi connectivity index (χ3n) is 11.9. The molecule has 3 atom stereocenters. The predicted octanol–water partition coefficient (Wildman–Crippen LogP) is 16.4. The molecule has 3 unspecified atom stereocenters. The fourth-order valence-corrected chi connectivity index (χ4v) is 8.35. The van der Waals surface area contributed by atoms with Crippen LogP contribution in [0.5, 0.6) is 0 Å². The van der Waals surface area contributed by atoms with Crippen LogP contribution in [0.4, 0.5) is 0 Å². The lowest BCUT2D eigenvalue weighted by Crippen LogP contribution is -2.30. The van der Waals surface area contributed by atoms with Crippen LogP contribution in [-0.2, 0) is 42.2 Å². The molecule has 2 N–H and O–H groups in total. The SMILES string of the molecule is CCCCC/C=C\C/C=C\C/C=C\CCCCCCCCC(=O)OCC(COP(=O)(O)OCC(CO)OC(=O)CCCCCCCCCCC)OC(=O)CCCCCCC/C=C\C/C=C\CCCCC. The Labute approximate surface area is 427 Å². The van der Waals surface area contributed by atoms with E-state index < -0.39 is 57.8 Å². The van der Waals surface area contributed by atoms with Gasteiger partial charge >= 0.3 is 25.7 Å². The molecule has 0 saturated heterocycles. The zero-order valence-corrected chi connectivity index (χ0v) is 45.6. The number of aliphatic hydroxyl groups is 1. The number of allylic oxidation sites excluding steroid dienone is 10. The molecule has 0 aliphatic heterocycles. The zero-order valence-electron chi connectivity index (χ0n) is 44.7. The van der Waals surface area contributed by atoms with Gasteiger partial charge in [0.1, 0.15) is 12.7 Å². The van der Waals surface area contributed by atoms with Crippen LogP contribution in [0.1, 0.15) is 252 Å². The number of carbonyl (C=O) groups excluding carboxylic acids is 3. The minimum absolute atomic E-state index is 0.149. The van der Waals surface area contributed by atoms with Gasteiger partial charge in [-0.25, -0.2) is 4.57 Å². The van der Waals surface area contributed by atoms with Crippen molar-refractivity contribution in [1.29, 1.82) is 0 Å². The van der Waals surface area contributed by atoms with Crippen molar-refractivity contribution in [3.05, 3.63) is 60.8 Å². The van der Waals surface area contributed by atoms with Gasteiger partial charge < -0.3 is 24.2 Å². The van der Waals surface area contributed by atoms with Crippen LogP contribution in [0.25, 0.3) is 0 Å². The molecule has 0 saturated carbocycles. The molecule has 0 amide bonds. The van der Waals surface area contributed by atoms with E-state index in [2.05, 4.69) is 81.5 Å². The van der Waals surface area contributed by atoms with Gasteiger partial charge in [0.05, 0.1) is 19.8 Å². The number of phosphoric acid groups is 1. The summed E-state index contributed by atoms with van der Waals surface area (Å²) in [5, 5.41) is 9.76. The van der Waals surface area contributed by atoms with Crippen molar-refractivity contribution in [3.8, 4) is 0 Å². The summed E-state index contributed by atoms with van der Waals surface area (Å²) in [4.78, 5) is 48.4. The van der Waals surface area contributed by atoms with Crippen molar-refractivity contribution in [3.63, 3.8) is 0 Å². The van der Waals surface area contributed by atoms with Gasteiger partial charge in [-0.3, -0.25) is 23.4 Å². The minimum Gasteiger partial charge on any atom is -0.462 e. The first-order valence-corrected chi connectivity index (χ1v) is 29.7. The van der Waals surface area contributed by atoms with E-state index in [4.69, 9.17) is 23.3 Å². The van der Waals surface area contributed by atoms with Crippen LogP contribution in [0.2, 0.25) is 0 Å². The van der Waals surface area contributed by atoms with Gasteiger partial charge in [0.25, 0.3) is 0 Å². The average Bonchev–Trinajstić information content (AvgIpc) is 3.35. The number of hydrogen-bond donors (Lipinski definition) is 2. The predicted molar refractivity (Wildman–Crippen MR) is 288 cm³/mol. The summed E-state index contributed by atoms with van der Waals surface area (Å²) in [5.41, 5.74) is 0. The standard InChI is InChI=1S/C58H103O11P/c1-4-7-10-13-16-19-21-23-25-26-27-28-30-31-33-36-38-41-44-47-56(60)65-51-55(69-58(62)49-46-43-40-37-34-32-29-24-22-20-17-14-11-8-5-2)53-67-70(63,64)66-52-54(50-59)68-57(61)48-45-42-39-35-18-15-12-9-6-3/h16-17,19-20,23-25,27-29,54-55,59H,4-15,18,21-22,26,30-53H2,1-3H3,(H,63,64)/b19-16-,20-17-,25-23-,28-27-,29-24-. The lowest BCUT2D eigenvalue weighted by molar-refractivity contribution is -0.161. The Hall–Kier alpha value is -2.82. The monoisotopic (exact) mass is 1010 g/mol. The van der Waals surface area contributed by atoms with Crippen LogP contribution < -0.4 is 0 Å². The maximum absolute atomic E-state index is 12.9. The van der Waals surface area contributed by atoms with Crippen molar-refractivity contribution in [1.82, 2.24) is 0 Å². The van der Waals surface area contributed by atoms with E-state index in [-0.39, 0.29) is 25.9 Å². The Morgan fingerprint density at radius 2 is 0.700 bits per heavy atom. The summed E-state index contributed by atoms with van der Waals surface area (Å²) < 4.78 is 39.4. The third-order valence-corrected chi connectivity index (χ3v) is 12.9. The molecule has 0 heterocycles. The highest BCUT2D eigenvalue weighted by molar-refractivity contribution is 7.47. The van der Waals surface area contributed by atoms with E-state index in [1.165, 1.54) is 77.0 Å². The zero-order chi connectivity index (χ0) is 51.3. The van der Waals surface area contributed by atoms with Crippen molar-refractivity contribution >= 4 is 25.7 Å². The second kappa shape index (κ2) is 52.5. The number of hydrogen-bond acceptors (Lipinski definition) is 10. The summed E-state index contributed by atoms with van der Waals surface area (Å²) in [6, 6.07) is 0. The smallest absolute Gasteiger partial charge is 0.462 e. The quantitative estimate of drug-likeness (QED) is 0.0197. The van der Waals surface area contributed by atoms with E-state index in [0.717, 1.165) is 116 Å². The molecule has 0 rings (SSSR count). The highest BCUT2D eigenvalue weighted by Crippen LogP contribution is 2.43. The molecule has 0 aromatic rings. The van der Waals surface area contributed by atoms with Crippen molar-refractivity contribution in [2.75, 3.05) is 26.4 Å². The number of rotatable bonds is 52. The number of esters is 3. The number of ether oxygens (including phenoxy) is 3. The van der Waals surface area contributed by atoms with Crippen LogP contribution in [0.15, 0.2) is 60.8 Å². The first-order chi connectivity index (χ1) is 34.2. The minimum atomic E-state index is -4.75. The van der Waals surface area contributed by atoms with Crippen LogP contribution in [0, 0.1) is 0 Å². The molecule has 11 nitrogen and oxygen atoms in total. The summed E-state index contributed by atoms with van der Waals surface area (Å²) >= 11 is 0. The number of aliphatic hydroxyl groups excluding tert-OH is 1. The first-order valence-electron chi connectivity index (χ1n) is 28.2. The van der Waals surface area contributed by atoms with Gasteiger partial charge in [0, 0.05) is 19.3 Å². The normalized spacial score (nSPS) is 13.8. The molecule has 0 fully saturated rings. The van der Waals surface area contributed by atoms with Gasteiger partial charge in [-0.2, -0.15) is 0 Å². The molecule has 70 heavy (non-hydrogen) atoms. The number of unbranched alkanes of at least 4 members (excludes halogenated alkanes) is 25. The molecular formula is C58H103O11P. The first kappa shape index (κ1) is 67.2. The summed E-state index contributed by atoms with van der Waals surface area (Å²) in [6.07, 6.45) is 56.1. The third kappa shape index (κ3) is 50.1. The summed E-state index contributed by atoms with van der Waals surface area (Å²) in [7, 11) is -4.75. The maximum Gasteiger partial charge on any atom is 0.472 e. The van der Waals surface area contributed by atoms with Crippen LogP contribution >= 0.6 is 7.82 Å². The Morgan fingerprint density at radius 1 is 0.400 bits per heavy atom. The maximum atomic E-state index is 12.9. The topological polar surface area (TPSA) is 155 Å². The van der Waals surface area contributed by atoms with Crippen molar-refractivity contribution in [2.45, 2.75) is 264 Å². The molecule has 0 aliphatic rings. The van der Waals surface area contributed by atoms with Crippen molar-refractivity contribution < 1.29 is 52.2 Å². The van der Waals surface area contributed by atoms with E-state index in [1.54, 1.807) is 0 Å². The van der Waals surface area contributed by atoms with Crippen LogP contribution in [-0.4, -0.2) is 66.5 Å². The summed E-state index contributed by atoms with van der Waals surface area (Å²) in [6.45, 7) is 4.54. The molecule has 0 aromatic carbocycles. The Balaban J connectivity index is 4.75. The molecule has 0 aromatic heterocycles. The molecule has 12 heteroatoms. The van der Waals surface area contributed by atoms with E-state index in [0.29, 0.717) is 19.3 Å². The lowest BCUT2D eigenvalue weighted by atomic mass is 10.1. The Bertz CT molecular complexity index is 1410. The Morgan fingerprint density at radius 3 is 1.10 bits per heavy atom. The van der Waals surface area contributed by atoms with Gasteiger partial charge in [-0.1, -0.05) is 204 Å². The van der Waals surface area contributed by atoms with E-state index >= 15 is 0 Å². The average molecular weight is 1010 g/mol. The number of carbonyl (C=O) groups is 3. The largest absolute Gasteiger partial charge is 0.472 e. The highest BCUT2D eigenvalue weighted by Gasteiger charge is 2.28.